The second kappa shape index (κ2) is 18.9. The van der Waals surface area contributed by atoms with Crippen LogP contribution in [0.1, 0.15) is 71.9 Å². The molecule has 5 atom stereocenters. The van der Waals surface area contributed by atoms with Gasteiger partial charge in [-0.25, -0.2) is 4.79 Å². The highest BCUT2D eigenvalue weighted by atomic mass is 16.5. The van der Waals surface area contributed by atoms with E-state index < -0.39 is 47.6 Å². The molecule has 0 aliphatic rings. The van der Waals surface area contributed by atoms with Crippen molar-refractivity contribution in [2.75, 3.05) is 6.54 Å². The molecule has 254 valence electrons. The van der Waals surface area contributed by atoms with E-state index in [0.29, 0.717) is 0 Å². The number of aliphatic hydroxyl groups is 2. The number of aliphatic hydroxyl groups excluding tert-OH is 2. The van der Waals surface area contributed by atoms with E-state index in [1.54, 1.807) is 24.3 Å². The molecule has 0 radical (unpaired) electrons. The minimum Gasteiger partial charge on any atom is -0.445 e. The van der Waals surface area contributed by atoms with Crippen molar-refractivity contribution in [3.63, 3.8) is 0 Å². The second-order valence-electron chi connectivity index (χ2n) is 12.7. The first kappa shape index (κ1) is 38.2. The van der Waals surface area contributed by atoms with Gasteiger partial charge in [-0.3, -0.25) is 14.4 Å². The fraction of sp³-hybridized carbons (Fsp3) is 0.543. The maximum atomic E-state index is 13.4. The summed E-state index contributed by atoms with van der Waals surface area (Å²) in [6.45, 7) is 10.8. The van der Waals surface area contributed by atoms with Gasteiger partial charge in [0.1, 0.15) is 12.6 Å². The molecule has 2 aromatic carbocycles. The zero-order chi connectivity index (χ0) is 34.3. The van der Waals surface area contributed by atoms with Crippen LogP contribution < -0.4 is 21.3 Å². The molecule has 2 aromatic rings. The Labute approximate surface area is 272 Å². The number of nitrogens with one attached hydrogen (secondary N) is 4. The standard InChI is InChI=1S/C35H52N4O7/c1-7-26(8-2)37-30(42)20-27(35(4,5)6)32(43)36-21-29(41)28(19-24-15-11-9-12-16-24)38-33(44)31(23(3)40)39-34(45)46-22-25-17-13-10-14-18-25/h9-18,23,26-29,31,40-41H,7-8,19-22H2,1-6H3,(H,36,43)(H,37,42)(H,38,44)(H,39,45)/t23?,27-,28?,29?,31?/m0/s1. The van der Waals surface area contributed by atoms with Crippen LogP contribution >= 0.6 is 0 Å². The zero-order valence-corrected chi connectivity index (χ0v) is 27.9. The molecule has 0 aromatic heterocycles. The van der Waals surface area contributed by atoms with Gasteiger partial charge in [-0.15, -0.1) is 0 Å². The van der Waals surface area contributed by atoms with E-state index in [4.69, 9.17) is 4.74 Å². The van der Waals surface area contributed by atoms with Crippen LogP contribution in [0, 0.1) is 11.3 Å². The molecule has 0 fully saturated rings. The molecule has 0 aliphatic carbocycles. The third kappa shape index (κ3) is 13.2. The average molecular weight is 641 g/mol. The van der Waals surface area contributed by atoms with Crippen LogP contribution in [0.3, 0.4) is 0 Å². The minimum absolute atomic E-state index is 0.00574. The van der Waals surface area contributed by atoms with Crippen molar-refractivity contribution in [2.45, 2.75) is 104 Å². The molecule has 4 unspecified atom stereocenters. The average Bonchev–Trinajstić information content (AvgIpc) is 3.02. The monoisotopic (exact) mass is 640 g/mol. The number of amides is 4. The Morgan fingerprint density at radius 2 is 1.37 bits per heavy atom. The van der Waals surface area contributed by atoms with Crippen molar-refractivity contribution in [1.82, 2.24) is 21.3 Å². The number of carbonyl (C=O) groups is 4. The van der Waals surface area contributed by atoms with Crippen LogP contribution in [0.4, 0.5) is 4.79 Å². The minimum atomic E-state index is -1.37. The number of hydrogen-bond acceptors (Lipinski definition) is 7. The predicted molar refractivity (Wildman–Crippen MR) is 176 cm³/mol. The molecule has 0 aliphatic heterocycles. The van der Waals surface area contributed by atoms with Crippen LogP contribution in [-0.2, 0) is 32.1 Å². The first-order valence-corrected chi connectivity index (χ1v) is 16.0. The van der Waals surface area contributed by atoms with Crippen molar-refractivity contribution in [3.8, 4) is 0 Å². The first-order valence-electron chi connectivity index (χ1n) is 16.0. The quantitative estimate of drug-likeness (QED) is 0.154. The molecule has 0 heterocycles. The predicted octanol–water partition coefficient (Wildman–Crippen LogP) is 3.22. The van der Waals surface area contributed by atoms with Crippen LogP contribution in [-0.4, -0.2) is 70.9 Å². The van der Waals surface area contributed by atoms with E-state index in [-0.39, 0.29) is 43.8 Å². The normalized spacial score (nSPS) is 14.7. The highest BCUT2D eigenvalue weighted by Gasteiger charge is 2.35. The fourth-order valence-electron chi connectivity index (χ4n) is 4.95. The number of rotatable bonds is 17. The van der Waals surface area contributed by atoms with Crippen LogP contribution in [0.2, 0.25) is 0 Å². The zero-order valence-electron chi connectivity index (χ0n) is 27.9. The maximum Gasteiger partial charge on any atom is 0.408 e. The number of carbonyl (C=O) groups excluding carboxylic acids is 4. The largest absolute Gasteiger partial charge is 0.445 e. The van der Waals surface area contributed by atoms with Gasteiger partial charge in [0.2, 0.25) is 17.7 Å². The number of alkyl carbamates (subject to hydrolysis) is 1. The summed E-state index contributed by atoms with van der Waals surface area (Å²) in [5.41, 5.74) is 1.03. The fourth-order valence-corrected chi connectivity index (χ4v) is 4.95. The third-order valence-corrected chi connectivity index (χ3v) is 7.93. The molecule has 0 spiro atoms. The van der Waals surface area contributed by atoms with Crippen molar-refractivity contribution < 1.29 is 34.1 Å². The van der Waals surface area contributed by atoms with E-state index >= 15 is 0 Å². The molecular weight excluding hydrogens is 588 g/mol. The van der Waals surface area contributed by atoms with Gasteiger partial charge in [-0.05, 0) is 42.7 Å². The van der Waals surface area contributed by atoms with Gasteiger partial charge in [0.15, 0.2) is 0 Å². The lowest BCUT2D eigenvalue weighted by Gasteiger charge is -2.31. The van der Waals surface area contributed by atoms with Gasteiger partial charge in [-0.1, -0.05) is 95.3 Å². The Hall–Kier alpha value is -3.96. The van der Waals surface area contributed by atoms with Crippen molar-refractivity contribution in [1.29, 1.82) is 0 Å². The van der Waals surface area contributed by atoms with E-state index in [9.17, 15) is 29.4 Å². The lowest BCUT2D eigenvalue weighted by Crippen LogP contribution is -2.58. The summed E-state index contributed by atoms with van der Waals surface area (Å²) in [6, 6.07) is 15.9. The summed E-state index contributed by atoms with van der Waals surface area (Å²) >= 11 is 0. The molecule has 6 N–H and O–H groups in total. The summed E-state index contributed by atoms with van der Waals surface area (Å²) < 4.78 is 5.22. The summed E-state index contributed by atoms with van der Waals surface area (Å²) in [5.74, 6) is -2.00. The first-order chi connectivity index (χ1) is 21.7. The van der Waals surface area contributed by atoms with E-state index in [2.05, 4.69) is 21.3 Å². The molecule has 2 rings (SSSR count). The molecule has 0 saturated heterocycles. The SMILES string of the molecule is CCC(CC)NC(=O)C[C@@H](C(=O)NCC(O)C(Cc1ccccc1)NC(=O)C(NC(=O)OCc1ccccc1)C(C)O)C(C)(C)C. The summed E-state index contributed by atoms with van der Waals surface area (Å²) in [6.07, 6.45) is -1.64. The van der Waals surface area contributed by atoms with Crippen molar-refractivity contribution >= 4 is 23.8 Å². The lowest BCUT2D eigenvalue weighted by molar-refractivity contribution is -0.134. The molecule has 0 saturated carbocycles. The number of ether oxygens (including phenoxy) is 1. The third-order valence-electron chi connectivity index (χ3n) is 7.93. The van der Waals surface area contributed by atoms with Gasteiger partial charge in [0, 0.05) is 19.0 Å². The molecule has 4 amide bonds. The van der Waals surface area contributed by atoms with Gasteiger partial charge in [0.25, 0.3) is 0 Å². The van der Waals surface area contributed by atoms with E-state index in [1.165, 1.54) is 6.92 Å². The Morgan fingerprint density at radius 1 is 0.804 bits per heavy atom. The number of benzene rings is 2. The van der Waals surface area contributed by atoms with Crippen LogP contribution in [0.15, 0.2) is 60.7 Å². The van der Waals surface area contributed by atoms with Crippen molar-refractivity contribution in [3.05, 3.63) is 71.8 Å². The van der Waals surface area contributed by atoms with E-state index in [1.807, 2.05) is 71.0 Å². The summed E-state index contributed by atoms with van der Waals surface area (Å²) in [7, 11) is 0. The molecular formula is C35H52N4O7. The van der Waals surface area contributed by atoms with Gasteiger partial charge >= 0.3 is 6.09 Å². The second-order valence-corrected chi connectivity index (χ2v) is 12.7. The summed E-state index contributed by atoms with van der Waals surface area (Å²) in [5, 5.41) is 32.5. The Kier molecular flexibility index (Phi) is 15.7. The van der Waals surface area contributed by atoms with Gasteiger partial charge in [-0.2, -0.15) is 0 Å². The molecule has 11 nitrogen and oxygen atoms in total. The Bertz CT molecular complexity index is 1230. The maximum absolute atomic E-state index is 13.4. The van der Waals surface area contributed by atoms with E-state index in [0.717, 1.165) is 24.0 Å². The van der Waals surface area contributed by atoms with Gasteiger partial charge in [0.05, 0.1) is 24.2 Å². The van der Waals surface area contributed by atoms with Crippen LogP contribution in [0.5, 0.6) is 0 Å². The smallest absolute Gasteiger partial charge is 0.408 e. The topological polar surface area (TPSA) is 166 Å². The molecule has 46 heavy (non-hydrogen) atoms. The van der Waals surface area contributed by atoms with Crippen LogP contribution in [0.25, 0.3) is 0 Å². The van der Waals surface area contributed by atoms with Crippen molar-refractivity contribution in [2.24, 2.45) is 11.3 Å². The summed E-state index contributed by atoms with van der Waals surface area (Å²) in [4.78, 5) is 52.0. The number of hydrogen-bond donors (Lipinski definition) is 6. The lowest BCUT2D eigenvalue weighted by atomic mass is 9.78. The molecule has 0 bridgehead atoms. The highest BCUT2D eigenvalue weighted by Crippen LogP contribution is 2.29. The molecule has 11 heteroatoms. The Balaban J connectivity index is 2.12. The Morgan fingerprint density at radius 3 is 1.89 bits per heavy atom. The van der Waals surface area contributed by atoms with Gasteiger partial charge < -0.3 is 36.2 Å². The highest BCUT2D eigenvalue weighted by molar-refractivity contribution is 5.87.